The Morgan fingerprint density at radius 1 is 1.42 bits per heavy atom. The summed E-state index contributed by atoms with van der Waals surface area (Å²) in [5.74, 6) is -2.89. The van der Waals surface area contributed by atoms with Crippen LogP contribution in [0.3, 0.4) is 0 Å². The number of carbonyl (C=O) groups excluding carboxylic acids is 1. The number of aliphatic imine (C=N–C) groups is 1. The minimum atomic E-state index is -4.37. The lowest BCUT2D eigenvalue weighted by Gasteiger charge is -2.20. The van der Waals surface area contributed by atoms with Gasteiger partial charge in [-0.15, -0.1) is 0 Å². The van der Waals surface area contributed by atoms with Crippen LogP contribution in [0, 0.1) is 11.8 Å². The zero-order valence-electron chi connectivity index (χ0n) is 5.95. The fourth-order valence-electron chi connectivity index (χ4n) is 0.960. The van der Waals surface area contributed by atoms with Crippen molar-refractivity contribution >= 4 is 12.5 Å². The molecule has 0 aromatic rings. The molecule has 0 aliphatic carbocycles. The van der Waals surface area contributed by atoms with Gasteiger partial charge in [0.25, 0.3) is 0 Å². The number of carbonyl (C=O) groups is 1. The molecule has 0 radical (unpaired) electrons. The number of aldehydes is 1. The van der Waals surface area contributed by atoms with E-state index in [1.165, 1.54) is 0 Å². The van der Waals surface area contributed by atoms with Crippen LogP contribution in [0.4, 0.5) is 13.2 Å². The standard InChI is InChI=1S/C7H6F3NO/c8-7(9,10)6-1-2-11-3-5(6)4-12/h1-6H. The second-order valence-corrected chi connectivity index (χ2v) is 2.42. The van der Waals surface area contributed by atoms with Crippen LogP contribution in [0.1, 0.15) is 0 Å². The maximum atomic E-state index is 12.1. The molecule has 0 aromatic heterocycles. The van der Waals surface area contributed by atoms with Crippen LogP contribution in [0.25, 0.3) is 0 Å². The molecule has 0 N–H and O–H groups in total. The second-order valence-electron chi connectivity index (χ2n) is 2.42. The van der Waals surface area contributed by atoms with Crippen LogP contribution in [0.2, 0.25) is 0 Å². The molecule has 1 heterocycles. The van der Waals surface area contributed by atoms with Crippen molar-refractivity contribution in [2.45, 2.75) is 6.18 Å². The molecule has 0 saturated heterocycles. The molecule has 0 aromatic carbocycles. The lowest BCUT2D eigenvalue weighted by atomic mass is 9.93. The highest BCUT2D eigenvalue weighted by atomic mass is 19.4. The Labute approximate surface area is 66.8 Å². The minimum Gasteiger partial charge on any atom is -0.303 e. The van der Waals surface area contributed by atoms with Crippen LogP contribution in [-0.2, 0) is 4.79 Å². The van der Waals surface area contributed by atoms with Gasteiger partial charge in [0.1, 0.15) is 6.29 Å². The van der Waals surface area contributed by atoms with Gasteiger partial charge in [-0.25, -0.2) is 0 Å². The molecule has 0 bridgehead atoms. The highest BCUT2D eigenvalue weighted by Gasteiger charge is 2.43. The Morgan fingerprint density at radius 3 is 2.50 bits per heavy atom. The van der Waals surface area contributed by atoms with Gasteiger partial charge < -0.3 is 4.79 Å². The molecular formula is C7H6F3NO. The van der Waals surface area contributed by atoms with Gasteiger partial charge in [0, 0.05) is 12.4 Å². The zero-order valence-corrected chi connectivity index (χ0v) is 5.95. The van der Waals surface area contributed by atoms with Gasteiger partial charge in [-0.2, -0.15) is 13.2 Å². The maximum Gasteiger partial charge on any atom is 0.396 e. The second kappa shape index (κ2) is 3.08. The third kappa shape index (κ3) is 1.72. The van der Waals surface area contributed by atoms with Crippen molar-refractivity contribution < 1.29 is 18.0 Å². The average molecular weight is 177 g/mol. The van der Waals surface area contributed by atoms with Crippen LogP contribution in [0.15, 0.2) is 17.3 Å². The lowest BCUT2D eigenvalue weighted by Crippen LogP contribution is -2.31. The van der Waals surface area contributed by atoms with Crippen LogP contribution < -0.4 is 0 Å². The van der Waals surface area contributed by atoms with E-state index in [0.717, 1.165) is 18.5 Å². The zero-order chi connectivity index (χ0) is 9.19. The quantitative estimate of drug-likeness (QED) is 0.559. The molecule has 0 spiro atoms. The molecule has 2 unspecified atom stereocenters. The molecule has 2 nitrogen and oxygen atoms in total. The summed E-state index contributed by atoms with van der Waals surface area (Å²) in [4.78, 5) is 13.6. The van der Waals surface area contributed by atoms with Gasteiger partial charge >= 0.3 is 6.18 Å². The summed E-state index contributed by atoms with van der Waals surface area (Å²) in [6.07, 6.45) is -1.16. The van der Waals surface area contributed by atoms with Crippen molar-refractivity contribution in [3.63, 3.8) is 0 Å². The Kier molecular flexibility index (Phi) is 2.30. The molecule has 0 saturated carbocycles. The van der Waals surface area contributed by atoms with Crippen molar-refractivity contribution in [3.8, 4) is 0 Å². The van der Waals surface area contributed by atoms with Gasteiger partial charge in [-0.3, -0.25) is 4.99 Å². The summed E-state index contributed by atoms with van der Waals surface area (Å²) in [5.41, 5.74) is 0. The van der Waals surface area contributed by atoms with E-state index in [0.29, 0.717) is 0 Å². The number of allylic oxidation sites excluding steroid dienone is 1. The van der Waals surface area contributed by atoms with Crippen molar-refractivity contribution in [1.29, 1.82) is 0 Å². The predicted octanol–water partition coefficient (Wildman–Crippen LogP) is 1.58. The third-order valence-electron chi connectivity index (χ3n) is 1.59. The minimum absolute atomic E-state index is 0.255. The first-order valence-corrected chi connectivity index (χ1v) is 3.27. The summed E-state index contributed by atoms with van der Waals surface area (Å²) in [7, 11) is 0. The molecule has 0 fully saturated rings. The molecule has 5 heteroatoms. The monoisotopic (exact) mass is 177 g/mol. The Bertz CT molecular complexity index is 231. The van der Waals surface area contributed by atoms with Crippen molar-refractivity contribution in [1.82, 2.24) is 0 Å². The van der Waals surface area contributed by atoms with Gasteiger partial charge in [0.05, 0.1) is 11.8 Å². The highest BCUT2D eigenvalue weighted by Crippen LogP contribution is 2.33. The lowest BCUT2D eigenvalue weighted by molar-refractivity contribution is -0.169. The number of nitrogens with zero attached hydrogens (tertiary/aromatic N) is 1. The molecule has 12 heavy (non-hydrogen) atoms. The number of hydrogen-bond acceptors (Lipinski definition) is 2. The molecule has 1 aliphatic heterocycles. The van der Waals surface area contributed by atoms with Crippen LogP contribution >= 0.6 is 0 Å². The molecule has 66 valence electrons. The van der Waals surface area contributed by atoms with Crippen molar-refractivity contribution in [3.05, 3.63) is 12.3 Å². The number of hydrogen-bond donors (Lipinski definition) is 0. The molecule has 1 rings (SSSR count). The first-order chi connectivity index (χ1) is 5.55. The van der Waals surface area contributed by atoms with E-state index < -0.39 is 18.0 Å². The van der Waals surface area contributed by atoms with Crippen molar-refractivity contribution in [2.24, 2.45) is 16.8 Å². The summed E-state index contributed by atoms with van der Waals surface area (Å²) in [6.45, 7) is 0. The van der Waals surface area contributed by atoms with E-state index in [1.807, 2.05) is 0 Å². The smallest absolute Gasteiger partial charge is 0.303 e. The fourth-order valence-corrected chi connectivity index (χ4v) is 0.960. The third-order valence-corrected chi connectivity index (χ3v) is 1.59. The van der Waals surface area contributed by atoms with Crippen LogP contribution in [-0.4, -0.2) is 18.7 Å². The van der Waals surface area contributed by atoms with Crippen LogP contribution in [0.5, 0.6) is 0 Å². The van der Waals surface area contributed by atoms with E-state index in [1.54, 1.807) is 0 Å². The Hall–Kier alpha value is -1.13. The van der Waals surface area contributed by atoms with E-state index in [2.05, 4.69) is 4.99 Å². The van der Waals surface area contributed by atoms with Gasteiger partial charge in [-0.1, -0.05) is 6.08 Å². The van der Waals surface area contributed by atoms with Gasteiger partial charge in [0.2, 0.25) is 0 Å². The number of rotatable bonds is 1. The molecular weight excluding hydrogens is 171 g/mol. The molecule has 1 aliphatic rings. The van der Waals surface area contributed by atoms with Gasteiger partial charge in [-0.05, 0) is 0 Å². The first kappa shape index (κ1) is 8.96. The summed E-state index contributed by atoms with van der Waals surface area (Å²) in [5, 5.41) is 0. The SMILES string of the molecule is O=CC1C=NC=CC1C(F)(F)F. The first-order valence-electron chi connectivity index (χ1n) is 3.27. The Morgan fingerprint density at radius 2 is 2.08 bits per heavy atom. The summed E-state index contributed by atoms with van der Waals surface area (Å²) < 4.78 is 36.3. The van der Waals surface area contributed by atoms with E-state index in [4.69, 9.17) is 0 Å². The maximum absolute atomic E-state index is 12.1. The van der Waals surface area contributed by atoms with E-state index >= 15 is 0 Å². The largest absolute Gasteiger partial charge is 0.396 e. The van der Waals surface area contributed by atoms with Gasteiger partial charge in [0.15, 0.2) is 0 Å². The van der Waals surface area contributed by atoms with E-state index in [9.17, 15) is 18.0 Å². The topological polar surface area (TPSA) is 29.4 Å². The van der Waals surface area contributed by atoms with Crippen molar-refractivity contribution in [2.75, 3.05) is 0 Å². The average Bonchev–Trinajstić information content (AvgIpc) is 2.03. The summed E-state index contributed by atoms with van der Waals surface area (Å²) >= 11 is 0. The fraction of sp³-hybridized carbons (Fsp3) is 0.429. The summed E-state index contributed by atoms with van der Waals surface area (Å²) in [6, 6.07) is 0. The number of alkyl halides is 3. The van der Waals surface area contributed by atoms with E-state index in [-0.39, 0.29) is 6.29 Å². The normalized spacial score (nSPS) is 28.9. The molecule has 2 atom stereocenters. The Balaban J connectivity index is 2.82. The molecule has 0 amide bonds. The predicted molar refractivity (Wildman–Crippen MR) is 36.7 cm³/mol. The highest BCUT2D eigenvalue weighted by molar-refractivity contribution is 5.82. The number of halogens is 3.